The van der Waals surface area contributed by atoms with Crippen LogP contribution < -0.4 is 14.8 Å². The first kappa shape index (κ1) is 19.5. The number of para-hydroxylation sites is 2. The molecule has 0 spiro atoms. The molecule has 1 atom stereocenters. The number of furan rings is 1. The first-order valence-corrected chi connectivity index (χ1v) is 10.4. The molecule has 4 aromatic rings. The van der Waals surface area contributed by atoms with Gasteiger partial charge in [-0.1, -0.05) is 30.3 Å². The zero-order valence-electron chi connectivity index (χ0n) is 17.2. The Hall–Kier alpha value is -3.51. The summed E-state index contributed by atoms with van der Waals surface area (Å²) in [6.07, 6.45) is 2.09. The zero-order chi connectivity index (χ0) is 21.2. The number of rotatable bonds is 6. The second-order valence-corrected chi connectivity index (χ2v) is 7.54. The maximum atomic E-state index is 13.1. The van der Waals surface area contributed by atoms with Gasteiger partial charge in [-0.2, -0.15) is 0 Å². The number of ether oxygens (including phenoxy) is 3. The van der Waals surface area contributed by atoms with Crippen molar-refractivity contribution in [2.24, 2.45) is 0 Å². The molecule has 0 unspecified atom stereocenters. The van der Waals surface area contributed by atoms with Crippen molar-refractivity contribution in [3.63, 3.8) is 0 Å². The van der Waals surface area contributed by atoms with Crippen molar-refractivity contribution in [1.82, 2.24) is 0 Å². The number of carbonyl (C=O) groups is 1. The average molecular weight is 417 g/mol. The number of fused-ring (bicyclic) bond motifs is 3. The topological polar surface area (TPSA) is 69.9 Å². The number of amides is 1. The molecular formula is C25H23NO5. The average Bonchev–Trinajstić information content (AvgIpc) is 3.44. The molecule has 0 saturated carbocycles. The highest BCUT2D eigenvalue weighted by Crippen LogP contribution is 2.36. The summed E-state index contributed by atoms with van der Waals surface area (Å²) in [7, 11) is 1.58. The summed E-state index contributed by atoms with van der Waals surface area (Å²) in [6.45, 7) is 1.19. The fourth-order valence-electron chi connectivity index (χ4n) is 3.95. The third-order valence-electron chi connectivity index (χ3n) is 5.53. The molecular weight excluding hydrogens is 394 g/mol. The summed E-state index contributed by atoms with van der Waals surface area (Å²) < 4.78 is 23.0. The van der Waals surface area contributed by atoms with Gasteiger partial charge in [0.2, 0.25) is 0 Å². The molecule has 31 heavy (non-hydrogen) atoms. The Morgan fingerprint density at radius 3 is 2.71 bits per heavy atom. The Labute approximate surface area is 179 Å². The number of anilines is 1. The van der Waals surface area contributed by atoms with Gasteiger partial charge in [0.05, 0.1) is 24.5 Å². The molecule has 1 aliphatic rings. The summed E-state index contributed by atoms with van der Waals surface area (Å²) in [5.74, 6) is 0.807. The van der Waals surface area contributed by atoms with E-state index in [-0.39, 0.29) is 12.0 Å². The quantitative estimate of drug-likeness (QED) is 0.455. The van der Waals surface area contributed by atoms with Crippen molar-refractivity contribution >= 4 is 33.5 Å². The van der Waals surface area contributed by atoms with E-state index in [4.69, 9.17) is 18.6 Å². The number of hydrogen-bond donors (Lipinski definition) is 1. The van der Waals surface area contributed by atoms with E-state index in [1.165, 1.54) is 0 Å². The Morgan fingerprint density at radius 1 is 1.03 bits per heavy atom. The van der Waals surface area contributed by atoms with E-state index < -0.39 is 0 Å². The highest BCUT2D eigenvalue weighted by Gasteiger charge is 2.20. The van der Waals surface area contributed by atoms with Crippen LogP contribution >= 0.6 is 0 Å². The molecule has 158 valence electrons. The summed E-state index contributed by atoms with van der Waals surface area (Å²) in [5, 5.41) is 4.88. The largest absolute Gasteiger partial charge is 0.495 e. The lowest BCUT2D eigenvalue weighted by Crippen LogP contribution is -2.19. The van der Waals surface area contributed by atoms with Crippen LogP contribution in [-0.4, -0.2) is 32.3 Å². The number of hydrogen-bond acceptors (Lipinski definition) is 5. The molecule has 3 aromatic carbocycles. The van der Waals surface area contributed by atoms with Gasteiger partial charge in [0.25, 0.3) is 5.91 Å². The minimum atomic E-state index is -0.281. The molecule has 0 bridgehead atoms. The summed E-state index contributed by atoms with van der Waals surface area (Å²) in [5.41, 5.74) is 2.45. The van der Waals surface area contributed by atoms with E-state index in [9.17, 15) is 4.79 Å². The molecule has 0 radical (unpaired) electrons. The van der Waals surface area contributed by atoms with Gasteiger partial charge < -0.3 is 23.9 Å². The maximum Gasteiger partial charge on any atom is 0.259 e. The lowest BCUT2D eigenvalue weighted by atomic mass is 10.1. The number of nitrogens with one attached hydrogen (secondary N) is 1. The van der Waals surface area contributed by atoms with E-state index in [2.05, 4.69) is 5.32 Å². The fraction of sp³-hybridized carbons (Fsp3) is 0.240. The van der Waals surface area contributed by atoms with Gasteiger partial charge in [0.15, 0.2) is 0 Å². The predicted molar refractivity (Wildman–Crippen MR) is 119 cm³/mol. The van der Waals surface area contributed by atoms with Crippen molar-refractivity contribution in [1.29, 1.82) is 0 Å². The van der Waals surface area contributed by atoms with Crippen LogP contribution in [0.25, 0.3) is 21.9 Å². The van der Waals surface area contributed by atoms with Crippen molar-refractivity contribution in [2.75, 3.05) is 25.6 Å². The highest BCUT2D eigenvalue weighted by atomic mass is 16.5. The number of methoxy groups -OCH3 is 1. The molecule has 5 rings (SSSR count). The van der Waals surface area contributed by atoms with Crippen molar-refractivity contribution in [2.45, 2.75) is 18.9 Å². The van der Waals surface area contributed by atoms with Crippen molar-refractivity contribution < 1.29 is 23.4 Å². The maximum absolute atomic E-state index is 13.1. The normalized spacial score (nSPS) is 16.0. The molecule has 2 heterocycles. The monoisotopic (exact) mass is 417 g/mol. The van der Waals surface area contributed by atoms with Gasteiger partial charge in [-0.05, 0) is 37.1 Å². The smallest absolute Gasteiger partial charge is 0.259 e. The van der Waals surface area contributed by atoms with Gasteiger partial charge in [0, 0.05) is 23.4 Å². The third-order valence-corrected chi connectivity index (χ3v) is 5.53. The van der Waals surface area contributed by atoms with Crippen LogP contribution in [0.2, 0.25) is 0 Å². The first-order valence-electron chi connectivity index (χ1n) is 10.4. The van der Waals surface area contributed by atoms with Crippen LogP contribution in [0.4, 0.5) is 5.69 Å². The predicted octanol–water partition coefficient (Wildman–Crippen LogP) is 5.40. The van der Waals surface area contributed by atoms with Gasteiger partial charge in [-0.3, -0.25) is 4.79 Å². The minimum absolute atomic E-state index is 0.0757. The van der Waals surface area contributed by atoms with Crippen molar-refractivity contribution in [3.05, 3.63) is 66.2 Å². The lowest BCUT2D eigenvalue weighted by molar-refractivity contribution is 0.0673. The molecule has 1 aliphatic heterocycles. The van der Waals surface area contributed by atoms with Gasteiger partial charge in [0.1, 0.15) is 29.3 Å². The Morgan fingerprint density at radius 2 is 1.87 bits per heavy atom. The van der Waals surface area contributed by atoms with E-state index in [1.54, 1.807) is 25.3 Å². The fourth-order valence-corrected chi connectivity index (χ4v) is 3.95. The molecule has 1 aromatic heterocycles. The van der Waals surface area contributed by atoms with E-state index in [0.29, 0.717) is 34.9 Å². The van der Waals surface area contributed by atoms with E-state index in [1.807, 2.05) is 42.5 Å². The van der Waals surface area contributed by atoms with Crippen LogP contribution in [0.1, 0.15) is 23.2 Å². The Balaban J connectivity index is 1.43. The van der Waals surface area contributed by atoms with Crippen LogP contribution in [0, 0.1) is 0 Å². The molecule has 0 aliphatic carbocycles. The SMILES string of the molecule is COc1cc2c(cc1NC(=O)c1ccccc1OC[C@@H]1CCCO1)oc1ccccc12. The second kappa shape index (κ2) is 8.32. The zero-order valence-corrected chi connectivity index (χ0v) is 17.2. The van der Waals surface area contributed by atoms with E-state index in [0.717, 1.165) is 35.8 Å². The second-order valence-electron chi connectivity index (χ2n) is 7.54. The summed E-state index contributed by atoms with van der Waals surface area (Å²) in [4.78, 5) is 13.1. The molecule has 1 N–H and O–H groups in total. The highest BCUT2D eigenvalue weighted by molar-refractivity contribution is 6.10. The molecule has 6 heteroatoms. The molecule has 1 fully saturated rings. The van der Waals surface area contributed by atoms with E-state index >= 15 is 0 Å². The Kier molecular flexibility index (Phi) is 5.22. The molecule has 6 nitrogen and oxygen atoms in total. The van der Waals surface area contributed by atoms with Crippen LogP contribution in [0.3, 0.4) is 0 Å². The Bertz CT molecular complexity index is 1240. The van der Waals surface area contributed by atoms with Gasteiger partial charge in [-0.25, -0.2) is 0 Å². The lowest BCUT2D eigenvalue weighted by Gasteiger charge is -2.15. The molecule has 1 amide bonds. The van der Waals surface area contributed by atoms with Crippen LogP contribution in [0.15, 0.2) is 65.1 Å². The standard InChI is InChI=1S/C25H23NO5/c1-28-24-13-19-17-8-2-5-11-22(17)31-23(19)14-20(24)26-25(27)18-9-3-4-10-21(18)30-15-16-7-6-12-29-16/h2-5,8-11,13-14,16H,6-7,12,15H2,1H3,(H,26,27)/t16-/m0/s1. The first-order chi connectivity index (χ1) is 15.2. The van der Waals surface area contributed by atoms with Gasteiger partial charge >= 0.3 is 0 Å². The number of benzene rings is 3. The minimum Gasteiger partial charge on any atom is -0.495 e. The van der Waals surface area contributed by atoms with Crippen LogP contribution in [0.5, 0.6) is 11.5 Å². The summed E-state index contributed by atoms with van der Waals surface area (Å²) in [6, 6.07) is 18.7. The summed E-state index contributed by atoms with van der Waals surface area (Å²) >= 11 is 0. The molecule has 1 saturated heterocycles. The number of carbonyl (C=O) groups excluding carboxylic acids is 1. The van der Waals surface area contributed by atoms with Crippen LogP contribution in [-0.2, 0) is 4.74 Å². The van der Waals surface area contributed by atoms with Gasteiger partial charge in [-0.15, -0.1) is 0 Å². The third kappa shape index (κ3) is 3.82. The van der Waals surface area contributed by atoms with Crippen molar-refractivity contribution in [3.8, 4) is 11.5 Å².